The minimum absolute atomic E-state index is 0.125. The highest BCUT2D eigenvalue weighted by Gasteiger charge is 2.17. The first-order valence-electron chi connectivity index (χ1n) is 9.20. The summed E-state index contributed by atoms with van der Waals surface area (Å²) in [4.78, 5) is 16.3. The summed E-state index contributed by atoms with van der Waals surface area (Å²) >= 11 is 0. The highest BCUT2D eigenvalue weighted by molar-refractivity contribution is 5.94. The molecule has 3 rings (SSSR count). The first-order chi connectivity index (χ1) is 12.0. The van der Waals surface area contributed by atoms with E-state index in [9.17, 15) is 4.79 Å². The van der Waals surface area contributed by atoms with Gasteiger partial charge in [-0.2, -0.15) is 0 Å². The van der Waals surface area contributed by atoms with Crippen LogP contribution in [0.5, 0.6) is 0 Å². The number of anilines is 1. The van der Waals surface area contributed by atoms with Gasteiger partial charge in [-0.15, -0.1) is 0 Å². The van der Waals surface area contributed by atoms with Crippen molar-refractivity contribution in [2.45, 2.75) is 33.2 Å². The molecule has 3 nitrogen and oxygen atoms in total. The predicted molar refractivity (Wildman–Crippen MR) is 104 cm³/mol. The Morgan fingerprint density at radius 3 is 2.04 bits per heavy atom. The number of hydrogen-bond acceptors (Lipinski definition) is 3. The summed E-state index contributed by atoms with van der Waals surface area (Å²) in [7, 11) is 0. The van der Waals surface area contributed by atoms with Crippen molar-refractivity contribution in [3.63, 3.8) is 0 Å². The number of hydrogen-bond donors (Lipinski definition) is 0. The van der Waals surface area contributed by atoms with Crippen molar-refractivity contribution in [2.75, 3.05) is 31.1 Å². The molecule has 0 amide bonds. The van der Waals surface area contributed by atoms with E-state index < -0.39 is 0 Å². The summed E-state index contributed by atoms with van der Waals surface area (Å²) < 4.78 is 0. The first kappa shape index (κ1) is 17.7. The fourth-order valence-corrected chi connectivity index (χ4v) is 3.34. The van der Waals surface area contributed by atoms with Gasteiger partial charge in [-0.3, -0.25) is 9.69 Å². The number of Topliss-reactive ketones (excluding diaryl/α,β-unsaturated/α-hetero) is 1. The number of piperazine rings is 1. The Hall–Kier alpha value is -2.13. The van der Waals surface area contributed by atoms with Crippen LogP contribution in [0.15, 0.2) is 48.5 Å². The van der Waals surface area contributed by atoms with E-state index in [0.29, 0.717) is 5.92 Å². The van der Waals surface area contributed by atoms with Crippen LogP contribution in [0.3, 0.4) is 0 Å². The molecule has 1 aliphatic heterocycles. The number of ketones is 1. The Morgan fingerprint density at radius 1 is 0.920 bits per heavy atom. The van der Waals surface area contributed by atoms with E-state index >= 15 is 0 Å². The van der Waals surface area contributed by atoms with E-state index in [1.54, 1.807) is 6.92 Å². The molecular weight excluding hydrogens is 308 g/mol. The molecule has 0 radical (unpaired) electrons. The molecule has 1 saturated heterocycles. The summed E-state index contributed by atoms with van der Waals surface area (Å²) in [5.74, 6) is 0.715. The molecular formula is C22H28N2O. The zero-order chi connectivity index (χ0) is 17.8. The van der Waals surface area contributed by atoms with Crippen molar-refractivity contribution in [2.24, 2.45) is 0 Å². The zero-order valence-electron chi connectivity index (χ0n) is 15.5. The smallest absolute Gasteiger partial charge is 0.159 e. The van der Waals surface area contributed by atoms with Crippen LogP contribution in [-0.2, 0) is 6.54 Å². The summed E-state index contributed by atoms with van der Waals surface area (Å²) in [6.45, 7) is 11.3. The summed E-state index contributed by atoms with van der Waals surface area (Å²) in [6.07, 6.45) is 0. The standard InChI is InChI=1S/C22H28N2O/c1-17(2)20-6-4-19(5-7-20)16-23-12-14-24(15-13-23)22-10-8-21(9-11-22)18(3)25/h4-11,17H,12-16H2,1-3H3. The van der Waals surface area contributed by atoms with E-state index in [-0.39, 0.29) is 5.78 Å². The molecule has 0 N–H and O–H groups in total. The SMILES string of the molecule is CC(=O)c1ccc(N2CCN(Cc3ccc(C(C)C)cc3)CC2)cc1. The maximum Gasteiger partial charge on any atom is 0.159 e. The van der Waals surface area contributed by atoms with Crippen LogP contribution in [0.1, 0.15) is 48.2 Å². The fourth-order valence-electron chi connectivity index (χ4n) is 3.34. The predicted octanol–water partition coefficient (Wildman–Crippen LogP) is 4.33. The third kappa shape index (κ3) is 4.49. The lowest BCUT2D eigenvalue weighted by Crippen LogP contribution is -2.45. The summed E-state index contributed by atoms with van der Waals surface area (Å²) in [5, 5.41) is 0. The second-order valence-electron chi connectivity index (χ2n) is 7.26. The van der Waals surface area contributed by atoms with E-state index in [1.165, 1.54) is 16.8 Å². The molecule has 25 heavy (non-hydrogen) atoms. The third-order valence-electron chi connectivity index (χ3n) is 5.06. The normalized spacial score (nSPS) is 15.6. The quantitative estimate of drug-likeness (QED) is 0.759. The van der Waals surface area contributed by atoms with Crippen LogP contribution < -0.4 is 4.90 Å². The lowest BCUT2D eigenvalue weighted by molar-refractivity contribution is 0.101. The summed E-state index contributed by atoms with van der Waals surface area (Å²) in [6, 6.07) is 17.0. The molecule has 0 aliphatic carbocycles. The van der Waals surface area contributed by atoms with E-state index in [1.807, 2.05) is 12.1 Å². The van der Waals surface area contributed by atoms with Gasteiger partial charge in [0.2, 0.25) is 0 Å². The molecule has 132 valence electrons. The van der Waals surface area contributed by atoms with Crippen LogP contribution in [0, 0.1) is 0 Å². The molecule has 0 unspecified atom stereocenters. The van der Waals surface area contributed by atoms with Crippen LogP contribution in [0.2, 0.25) is 0 Å². The van der Waals surface area contributed by atoms with E-state index in [2.05, 4.69) is 60.0 Å². The maximum absolute atomic E-state index is 11.4. The van der Waals surface area contributed by atoms with Gasteiger partial charge in [0.15, 0.2) is 5.78 Å². The molecule has 3 heteroatoms. The van der Waals surface area contributed by atoms with Crippen molar-refractivity contribution in [1.82, 2.24) is 4.90 Å². The average molecular weight is 336 g/mol. The molecule has 0 spiro atoms. The average Bonchev–Trinajstić information content (AvgIpc) is 2.63. The molecule has 0 atom stereocenters. The second-order valence-corrected chi connectivity index (χ2v) is 7.26. The molecule has 0 bridgehead atoms. The van der Waals surface area contributed by atoms with Crippen molar-refractivity contribution in [3.8, 4) is 0 Å². The lowest BCUT2D eigenvalue weighted by atomic mass is 10.0. The van der Waals surface area contributed by atoms with Crippen LogP contribution in [0.25, 0.3) is 0 Å². The van der Waals surface area contributed by atoms with Gasteiger partial charge in [0.25, 0.3) is 0 Å². The van der Waals surface area contributed by atoms with Gasteiger partial charge in [-0.05, 0) is 48.2 Å². The molecule has 2 aromatic carbocycles. The van der Waals surface area contributed by atoms with Gasteiger partial charge < -0.3 is 4.90 Å². The van der Waals surface area contributed by atoms with Gasteiger partial charge in [-0.25, -0.2) is 0 Å². The van der Waals surface area contributed by atoms with Crippen LogP contribution in [0.4, 0.5) is 5.69 Å². The first-order valence-corrected chi connectivity index (χ1v) is 9.20. The van der Waals surface area contributed by atoms with Gasteiger partial charge in [0.1, 0.15) is 0 Å². The number of carbonyl (C=O) groups excluding carboxylic acids is 1. The molecule has 1 heterocycles. The molecule has 0 saturated carbocycles. The third-order valence-corrected chi connectivity index (χ3v) is 5.06. The van der Waals surface area contributed by atoms with Gasteiger partial charge in [-0.1, -0.05) is 38.1 Å². The van der Waals surface area contributed by atoms with E-state index in [0.717, 1.165) is 38.3 Å². The number of nitrogens with zero attached hydrogens (tertiary/aromatic N) is 2. The maximum atomic E-state index is 11.4. The zero-order valence-corrected chi connectivity index (χ0v) is 15.5. The minimum Gasteiger partial charge on any atom is -0.369 e. The van der Waals surface area contributed by atoms with Crippen molar-refractivity contribution >= 4 is 11.5 Å². The number of carbonyl (C=O) groups is 1. The van der Waals surface area contributed by atoms with Gasteiger partial charge in [0.05, 0.1) is 0 Å². The van der Waals surface area contributed by atoms with Crippen LogP contribution >= 0.6 is 0 Å². The monoisotopic (exact) mass is 336 g/mol. The minimum atomic E-state index is 0.125. The van der Waals surface area contributed by atoms with Gasteiger partial charge in [0, 0.05) is 44.0 Å². The fraction of sp³-hybridized carbons (Fsp3) is 0.409. The molecule has 2 aromatic rings. The molecule has 0 aromatic heterocycles. The Labute approximate surface area is 151 Å². The van der Waals surface area contributed by atoms with Crippen molar-refractivity contribution in [1.29, 1.82) is 0 Å². The van der Waals surface area contributed by atoms with Gasteiger partial charge >= 0.3 is 0 Å². The van der Waals surface area contributed by atoms with Crippen LogP contribution in [-0.4, -0.2) is 36.9 Å². The Balaban J connectivity index is 1.53. The highest BCUT2D eigenvalue weighted by atomic mass is 16.1. The number of benzene rings is 2. The molecule has 1 aliphatic rings. The summed E-state index contributed by atoms with van der Waals surface area (Å²) in [5.41, 5.74) is 4.80. The number of rotatable bonds is 5. The Bertz CT molecular complexity index is 696. The highest BCUT2D eigenvalue weighted by Crippen LogP contribution is 2.19. The van der Waals surface area contributed by atoms with Crippen molar-refractivity contribution < 1.29 is 4.79 Å². The Kier molecular flexibility index (Phi) is 5.54. The second kappa shape index (κ2) is 7.83. The Morgan fingerprint density at radius 2 is 1.52 bits per heavy atom. The van der Waals surface area contributed by atoms with E-state index in [4.69, 9.17) is 0 Å². The largest absolute Gasteiger partial charge is 0.369 e. The topological polar surface area (TPSA) is 23.6 Å². The lowest BCUT2D eigenvalue weighted by Gasteiger charge is -2.36. The van der Waals surface area contributed by atoms with Crippen molar-refractivity contribution in [3.05, 3.63) is 65.2 Å². The molecule has 1 fully saturated rings.